The summed E-state index contributed by atoms with van der Waals surface area (Å²) < 4.78 is 14.4. The van der Waals surface area contributed by atoms with Gasteiger partial charge in [0.05, 0.1) is 5.56 Å². The normalized spacial score (nSPS) is 19.8. The fourth-order valence-corrected chi connectivity index (χ4v) is 3.18. The van der Waals surface area contributed by atoms with Crippen LogP contribution in [0.25, 0.3) is 0 Å². The van der Waals surface area contributed by atoms with Crippen molar-refractivity contribution < 1.29 is 9.18 Å². The monoisotopic (exact) mass is 378 g/mol. The summed E-state index contributed by atoms with van der Waals surface area (Å²) in [4.78, 5) is 19.8. The van der Waals surface area contributed by atoms with Gasteiger partial charge in [0.25, 0.3) is 5.91 Å². The van der Waals surface area contributed by atoms with Gasteiger partial charge >= 0.3 is 0 Å². The largest absolute Gasteiger partial charge is 0.365 e. The molecule has 1 saturated carbocycles. The number of anilines is 3. The number of carbonyl (C=O) groups is 1. The molecule has 138 valence electrons. The van der Waals surface area contributed by atoms with Crippen LogP contribution in [0.4, 0.5) is 21.7 Å². The van der Waals surface area contributed by atoms with E-state index < -0.39 is 11.7 Å². The summed E-state index contributed by atoms with van der Waals surface area (Å²) in [6, 6.07) is 4.12. The molecule has 0 aromatic carbocycles. The Morgan fingerprint density at radius 3 is 2.73 bits per heavy atom. The average molecular weight is 379 g/mol. The van der Waals surface area contributed by atoms with E-state index in [4.69, 9.17) is 23.1 Å². The molecule has 0 bridgehead atoms. The number of carbonyl (C=O) groups excluding carboxylic acids is 1. The third-order valence-corrected chi connectivity index (χ3v) is 4.58. The zero-order valence-electron chi connectivity index (χ0n) is 14.0. The van der Waals surface area contributed by atoms with Gasteiger partial charge in [0, 0.05) is 24.0 Å². The van der Waals surface area contributed by atoms with E-state index in [9.17, 15) is 9.18 Å². The molecule has 3 rings (SSSR count). The molecule has 2 aromatic heterocycles. The molecule has 0 radical (unpaired) electrons. The second kappa shape index (κ2) is 7.84. The van der Waals surface area contributed by atoms with Gasteiger partial charge in [-0.1, -0.05) is 24.4 Å². The Kier molecular flexibility index (Phi) is 5.53. The Morgan fingerprint density at radius 1 is 1.27 bits per heavy atom. The number of nitrogens with zero attached hydrogens (tertiary/aromatic N) is 2. The summed E-state index contributed by atoms with van der Waals surface area (Å²) in [7, 11) is 0. The average Bonchev–Trinajstić information content (AvgIpc) is 2.59. The predicted octanol–water partition coefficient (Wildman–Crippen LogP) is 2.79. The standard InChI is InChI=1S/C17H20ClFN6O/c18-14-7-9(5-6-22-14)23-16-10(15(21)26)8-11(19)17(25-16)24-13-4-2-1-3-12(13)20/h5-8,12-13H,1-4,20H2,(H2,21,26)(H2,22,23,24,25). The van der Waals surface area contributed by atoms with Gasteiger partial charge in [0.15, 0.2) is 11.6 Å². The zero-order valence-corrected chi connectivity index (χ0v) is 14.8. The van der Waals surface area contributed by atoms with Gasteiger partial charge in [-0.2, -0.15) is 0 Å². The molecule has 2 heterocycles. The Balaban J connectivity index is 1.92. The minimum absolute atomic E-state index is 0.0278. The summed E-state index contributed by atoms with van der Waals surface area (Å²) in [6.45, 7) is 0. The molecule has 6 N–H and O–H groups in total. The van der Waals surface area contributed by atoms with Gasteiger partial charge in [-0.25, -0.2) is 14.4 Å². The number of rotatable bonds is 5. The van der Waals surface area contributed by atoms with Crippen molar-refractivity contribution >= 4 is 34.8 Å². The Morgan fingerprint density at radius 2 is 2.04 bits per heavy atom. The maximum Gasteiger partial charge on any atom is 0.252 e. The number of hydrogen-bond donors (Lipinski definition) is 4. The first-order valence-corrected chi connectivity index (χ1v) is 8.73. The highest BCUT2D eigenvalue weighted by atomic mass is 35.5. The fourth-order valence-electron chi connectivity index (χ4n) is 3.00. The van der Waals surface area contributed by atoms with Crippen LogP contribution in [0.2, 0.25) is 5.15 Å². The molecule has 0 saturated heterocycles. The lowest BCUT2D eigenvalue weighted by Gasteiger charge is -2.30. The van der Waals surface area contributed by atoms with Crippen molar-refractivity contribution in [3.63, 3.8) is 0 Å². The van der Waals surface area contributed by atoms with Gasteiger partial charge in [0.1, 0.15) is 11.0 Å². The van der Waals surface area contributed by atoms with Crippen LogP contribution in [0.15, 0.2) is 24.4 Å². The Bertz CT molecular complexity index is 818. The van der Waals surface area contributed by atoms with Crippen molar-refractivity contribution in [2.45, 2.75) is 37.8 Å². The van der Waals surface area contributed by atoms with Crippen LogP contribution in [0, 0.1) is 5.82 Å². The first-order valence-electron chi connectivity index (χ1n) is 8.35. The SMILES string of the molecule is NC(=O)c1cc(F)c(NC2CCCCC2N)nc1Nc1ccnc(Cl)c1. The molecular weight excluding hydrogens is 359 g/mol. The van der Waals surface area contributed by atoms with E-state index >= 15 is 0 Å². The van der Waals surface area contributed by atoms with Crippen molar-refractivity contribution in [2.75, 3.05) is 10.6 Å². The lowest BCUT2D eigenvalue weighted by molar-refractivity contribution is 0.100. The number of halogens is 2. The van der Waals surface area contributed by atoms with Crippen LogP contribution in [0.5, 0.6) is 0 Å². The van der Waals surface area contributed by atoms with Crippen molar-refractivity contribution in [3.8, 4) is 0 Å². The molecule has 0 aliphatic heterocycles. The van der Waals surface area contributed by atoms with Gasteiger partial charge in [-0.05, 0) is 31.0 Å². The Labute approximate surface area is 155 Å². The van der Waals surface area contributed by atoms with E-state index in [0.29, 0.717) is 5.69 Å². The lowest BCUT2D eigenvalue weighted by atomic mass is 9.91. The van der Waals surface area contributed by atoms with Gasteiger partial charge in [0.2, 0.25) is 0 Å². The quantitative estimate of drug-likeness (QED) is 0.594. The van der Waals surface area contributed by atoms with Crippen LogP contribution in [-0.2, 0) is 0 Å². The molecule has 26 heavy (non-hydrogen) atoms. The second-order valence-electron chi connectivity index (χ2n) is 6.27. The van der Waals surface area contributed by atoms with Gasteiger partial charge in [-0.3, -0.25) is 4.79 Å². The van der Waals surface area contributed by atoms with Crippen LogP contribution < -0.4 is 22.1 Å². The smallest absolute Gasteiger partial charge is 0.252 e. The summed E-state index contributed by atoms with van der Waals surface area (Å²) in [5.41, 5.74) is 12.0. The van der Waals surface area contributed by atoms with Gasteiger partial charge in [-0.15, -0.1) is 0 Å². The number of hydrogen-bond acceptors (Lipinski definition) is 6. The molecule has 1 amide bonds. The molecule has 2 aromatic rings. The highest BCUT2D eigenvalue weighted by molar-refractivity contribution is 6.29. The minimum Gasteiger partial charge on any atom is -0.365 e. The number of aromatic nitrogens is 2. The number of primary amides is 1. The summed E-state index contributed by atoms with van der Waals surface area (Å²) in [6.07, 6.45) is 5.29. The van der Waals surface area contributed by atoms with Crippen molar-refractivity contribution in [1.29, 1.82) is 0 Å². The molecule has 1 aliphatic carbocycles. The van der Waals surface area contributed by atoms with Crippen LogP contribution >= 0.6 is 11.6 Å². The van der Waals surface area contributed by atoms with E-state index in [1.54, 1.807) is 12.1 Å². The molecular formula is C17H20ClFN6O. The molecule has 7 nitrogen and oxygen atoms in total. The summed E-state index contributed by atoms with van der Waals surface area (Å²) >= 11 is 5.87. The van der Waals surface area contributed by atoms with Gasteiger partial charge < -0.3 is 22.1 Å². The first kappa shape index (κ1) is 18.3. The van der Waals surface area contributed by atoms with Crippen molar-refractivity contribution in [3.05, 3.63) is 40.9 Å². The van der Waals surface area contributed by atoms with E-state index in [-0.39, 0.29) is 34.4 Å². The summed E-state index contributed by atoms with van der Waals surface area (Å²) in [5.74, 6) is -1.29. The predicted molar refractivity (Wildman–Crippen MR) is 99.1 cm³/mol. The minimum atomic E-state index is -0.792. The van der Waals surface area contributed by atoms with Crippen molar-refractivity contribution in [1.82, 2.24) is 9.97 Å². The fraction of sp³-hybridized carbons (Fsp3) is 0.353. The number of nitrogens with one attached hydrogen (secondary N) is 2. The second-order valence-corrected chi connectivity index (χ2v) is 6.66. The first-order chi connectivity index (χ1) is 12.4. The maximum absolute atomic E-state index is 14.4. The van der Waals surface area contributed by atoms with E-state index in [1.165, 1.54) is 6.20 Å². The van der Waals surface area contributed by atoms with Crippen molar-refractivity contribution in [2.24, 2.45) is 11.5 Å². The topological polar surface area (TPSA) is 119 Å². The highest BCUT2D eigenvalue weighted by Gasteiger charge is 2.24. The Hall–Kier alpha value is -2.45. The van der Waals surface area contributed by atoms with E-state index in [2.05, 4.69) is 20.6 Å². The third kappa shape index (κ3) is 4.20. The third-order valence-electron chi connectivity index (χ3n) is 4.37. The van der Waals surface area contributed by atoms with Crippen LogP contribution in [-0.4, -0.2) is 28.0 Å². The van der Waals surface area contributed by atoms with E-state index in [1.807, 2.05) is 0 Å². The highest BCUT2D eigenvalue weighted by Crippen LogP contribution is 2.27. The maximum atomic E-state index is 14.4. The molecule has 2 atom stereocenters. The number of amides is 1. The summed E-state index contributed by atoms with van der Waals surface area (Å²) in [5, 5.41) is 6.27. The van der Waals surface area contributed by atoms with Crippen LogP contribution in [0.3, 0.4) is 0 Å². The van der Waals surface area contributed by atoms with Crippen LogP contribution in [0.1, 0.15) is 36.0 Å². The molecule has 9 heteroatoms. The number of pyridine rings is 2. The molecule has 2 unspecified atom stereocenters. The van der Waals surface area contributed by atoms with E-state index in [0.717, 1.165) is 31.7 Å². The lowest BCUT2D eigenvalue weighted by Crippen LogP contribution is -2.43. The molecule has 0 spiro atoms. The zero-order chi connectivity index (χ0) is 18.7. The number of nitrogens with two attached hydrogens (primary N) is 2. The molecule has 1 aliphatic rings. The molecule has 1 fully saturated rings.